The van der Waals surface area contributed by atoms with Crippen molar-refractivity contribution in [1.29, 1.82) is 0 Å². The smallest absolute Gasteiger partial charge is 0.338 e. The number of carboxylic acid groups (broad SMARTS) is 1. The van der Waals surface area contributed by atoms with Gasteiger partial charge in [0, 0.05) is 11.4 Å². The fourth-order valence-corrected chi connectivity index (χ4v) is 1.17. The average molecular weight is 203 g/mol. The second-order valence-corrected chi connectivity index (χ2v) is 3.08. The van der Waals surface area contributed by atoms with Crippen LogP contribution >= 0.6 is 11.6 Å². The quantitative estimate of drug-likeness (QED) is 0.817. The molecule has 1 rings (SSSR count). The molecule has 0 aliphatic carbocycles. The van der Waals surface area contributed by atoms with Crippen LogP contribution in [0.25, 0.3) is 0 Å². The van der Waals surface area contributed by atoms with Crippen LogP contribution in [0.3, 0.4) is 0 Å². The molecule has 0 radical (unpaired) electrons. The molecule has 0 heterocycles. The molecule has 13 heavy (non-hydrogen) atoms. The van der Waals surface area contributed by atoms with Gasteiger partial charge in [0.05, 0.1) is 0 Å². The third-order valence-corrected chi connectivity index (χ3v) is 1.81. The minimum atomic E-state index is -1.86. The zero-order chi connectivity index (χ0) is 9.84. The maximum Gasteiger partial charge on any atom is 0.338 e. The van der Waals surface area contributed by atoms with Gasteiger partial charge in [-0.1, -0.05) is 23.7 Å². The van der Waals surface area contributed by atoms with E-state index in [-0.39, 0.29) is 6.42 Å². The van der Waals surface area contributed by atoms with Crippen molar-refractivity contribution in [3.05, 3.63) is 34.9 Å². The number of aliphatic carboxylic acids is 1. The summed E-state index contributed by atoms with van der Waals surface area (Å²) in [4.78, 5) is 10.2. The number of halogens is 2. The molecule has 0 fully saturated rings. The number of carboxylic acids is 1. The minimum Gasteiger partial charge on any atom is -0.479 e. The zero-order valence-electron chi connectivity index (χ0n) is 6.71. The van der Waals surface area contributed by atoms with Gasteiger partial charge in [-0.15, -0.1) is 0 Å². The van der Waals surface area contributed by atoms with E-state index in [2.05, 4.69) is 0 Å². The molecule has 4 heteroatoms. The summed E-state index contributed by atoms with van der Waals surface area (Å²) >= 11 is 5.64. The molecule has 0 bridgehead atoms. The second-order valence-electron chi connectivity index (χ2n) is 2.64. The fourth-order valence-electron chi connectivity index (χ4n) is 0.958. The molecule has 0 aromatic heterocycles. The zero-order valence-corrected chi connectivity index (χ0v) is 7.46. The lowest BCUT2D eigenvalue weighted by molar-refractivity contribution is -0.142. The van der Waals surface area contributed by atoms with Crippen LogP contribution in [-0.4, -0.2) is 17.2 Å². The van der Waals surface area contributed by atoms with Crippen molar-refractivity contribution < 1.29 is 14.3 Å². The second kappa shape index (κ2) is 4.23. The molecule has 1 aromatic carbocycles. The largest absolute Gasteiger partial charge is 0.479 e. The lowest BCUT2D eigenvalue weighted by Crippen LogP contribution is -2.16. The van der Waals surface area contributed by atoms with Crippen molar-refractivity contribution >= 4 is 17.6 Å². The molecule has 0 aliphatic rings. The van der Waals surface area contributed by atoms with Gasteiger partial charge in [-0.2, -0.15) is 0 Å². The molecular weight excluding hydrogens is 195 g/mol. The normalized spacial score (nSPS) is 12.5. The highest BCUT2D eigenvalue weighted by Crippen LogP contribution is 2.13. The van der Waals surface area contributed by atoms with Crippen LogP contribution < -0.4 is 0 Å². The topological polar surface area (TPSA) is 37.3 Å². The summed E-state index contributed by atoms with van der Waals surface area (Å²) in [6, 6.07) is 6.50. The summed E-state index contributed by atoms with van der Waals surface area (Å²) in [6.07, 6.45) is -2.01. The van der Waals surface area contributed by atoms with E-state index in [4.69, 9.17) is 16.7 Å². The fraction of sp³-hybridized carbons (Fsp3) is 0.222. The molecular formula is C9H8ClFO2. The Kier molecular flexibility index (Phi) is 3.25. The summed E-state index contributed by atoms with van der Waals surface area (Å²) in [5.41, 5.74) is 0.586. The third-order valence-electron chi connectivity index (χ3n) is 1.57. The van der Waals surface area contributed by atoms with Crippen molar-refractivity contribution in [1.82, 2.24) is 0 Å². The van der Waals surface area contributed by atoms with Crippen LogP contribution in [0.1, 0.15) is 5.56 Å². The summed E-state index contributed by atoms with van der Waals surface area (Å²) in [7, 11) is 0. The molecule has 0 spiro atoms. The number of rotatable bonds is 3. The van der Waals surface area contributed by atoms with Crippen LogP contribution in [0.4, 0.5) is 4.39 Å². The molecule has 1 aromatic rings. The first-order chi connectivity index (χ1) is 6.09. The molecule has 1 unspecified atom stereocenters. The van der Waals surface area contributed by atoms with E-state index in [1.165, 1.54) is 0 Å². The third kappa shape index (κ3) is 3.03. The van der Waals surface area contributed by atoms with Crippen LogP contribution in [0.15, 0.2) is 24.3 Å². The number of carbonyl (C=O) groups is 1. The van der Waals surface area contributed by atoms with E-state index in [9.17, 15) is 9.18 Å². The van der Waals surface area contributed by atoms with Gasteiger partial charge in [-0.05, 0) is 17.7 Å². The van der Waals surface area contributed by atoms with Crippen LogP contribution in [-0.2, 0) is 11.2 Å². The first kappa shape index (κ1) is 9.99. The van der Waals surface area contributed by atoms with Crippen molar-refractivity contribution in [3.63, 3.8) is 0 Å². The maximum atomic E-state index is 12.7. The monoisotopic (exact) mass is 202 g/mol. The average Bonchev–Trinajstić information content (AvgIpc) is 2.04. The lowest BCUT2D eigenvalue weighted by Gasteiger charge is -2.02. The number of alkyl halides is 1. The van der Waals surface area contributed by atoms with Crippen molar-refractivity contribution in [2.45, 2.75) is 12.6 Å². The van der Waals surface area contributed by atoms with Crippen LogP contribution in [0.5, 0.6) is 0 Å². The molecule has 0 saturated carbocycles. The standard InChI is InChI=1S/C9H8ClFO2/c10-7-3-1-2-6(4-7)5-8(11)9(12)13/h1-4,8H,5H2,(H,12,13). The van der Waals surface area contributed by atoms with Crippen molar-refractivity contribution in [2.75, 3.05) is 0 Å². The molecule has 70 valence electrons. The Morgan fingerprint density at radius 1 is 1.62 bits per heavy atom. The number of hydrogen-bond acceptors (Lipinski definition) is 1. The van der Waals surface area contributed by atoms with E-state index in [1.807, 2.05) is 0 Å². The molecule has 1 atom stereocenters. The molecule has 0 aliphatic heterocycles. The van der Waals surface area contributed by atoms with Gasteiger partial charge in [-0.25, -0.2) is 9.18 Å². The molecule has 0 amide bonds. The number of benzene rings is 1. The maximum absolute atomic E-state index is 12.7. The first-order valence-corrected chi connectivity index (χ1v) is 4.08. The first-order valence-electron chi connectivity index (χ1n) is 3.71. The molecule has 2 nitrogen and oxygen atoms in total. The minimum absolute atomic E-state index is 0.143. The Morgan fingerprint density at radius 3 is 2.85 bits per heavy atom. The Labute approximate surface area is 80.0 Å². The Hall–Kier alpha value is -1.09. The van der Waals surface area contributed by atoms with Gasteiger partial charge in [0.15, 0.2) is 0 Å². The van der Waals surface area contributed by atoms with E-state index >= 15 is 0 Å². The van der Waals surface area contributed by atoms with E-state index in [0.29, 0.717) is 10.6 Å². The van der Waals surface area contributed by atoms with Crippen LogP contribution in [0.2, 0.25) is 5.02 Å². The van der Waals surface area contributed by atoms with Crippen molar-refractivity contribution in [3.8, 4) is 0 Å². The summed E-state index contributed by atoms with van der Waals surface area (Å²) in [5.74, 6) is -1.44. The van der Waals surface area contributed by atoms with Gasteiger partial charge in [0.25, 0.3) is 0 Å². The molecule has 1 N–H and O–H groups in total. The summed E-state index contributed by atoms with van der Waals surface area (Å²) < 4.78 is 12.7. The predicted octanol–water partition coefficient (Wildman–Crippen LogP) is 2.31. The summed E-state index contributed by atoms with van der Waals surface area (Å²) in [5, 5.41) is 8.79. The van der Waals surface area contributed by atoms with Crippen LogP contribution in [0, 0.1) is 0 Å². The van der Waals surface area contributed by atoms with E-state index < -0.39 is 12.1 Å². The Bertz CT molecular complexity index is 314. The SMILES string of the molecule is O=C(O)C(F)Cc1cccc(Cl)c1. The van der Waals surface area contributed by atoms with Crippen molar-refractivity contribution in [2.24, 2.45) is 0 Å². The van der Waals surface area contributed by atoms with E-state index in [1.54, 1.807) is 24.3 Å². The lowest BCUT2D eigenvalue weighted by atomic mass is 10.1. The van der Waals surface area contributed by atoms with Gasteiger partial charge in [0.2, 0.25) is 6.17 Å². The number of hydrogen-bond donors (Lipinski definition) is 1. The Balaban J connectivity index is 2.69. The van der Waals surface area contributed by atoms with Gasteiger partial charge in [-0.3, -0.25) is 0 Å². The molecule has 0 saturated heterocycles. The van der Waals surface area contributed by atoms with Gasteiger partial charge in [0.1, 0.15) is 0 Å². The highest BCUT2D eigenvalue weighted by molar-refractivity contribution is 6.30. The highest BCUT2D eigenvalue weighted by Gasteiger charge is 2.15. The van der Waals surface area contributed by atoms with Gasteiger partial charge < -0.3 is 5.11 Å². The van der Waals surface area contributed by atoms with Gasteiger partial charge >= 0.3 is 5.97 Å². The predicted molar refractivity (Wildman–Crippen MR) is 47.7 cm³/mol. The van der Waals surface area contributed by atoms with E-state index in [0.717, 1.165) is 0 Å². The highest BCUT2D eigenvalue weighted by atomic mass is 35.5. The summed E-state index contributed by atoms with van der Waals surface area (Å²) in [6.45, 7) is 0. The Morgan fingerprint density at radius 2 is 2.31 bits per heavy atom.